The van der Waals surface area contributed by atoms with E-state index in [0.29, 0.717) is 6.04 Å². The van der Waals surface area contributed by atoms with Gasteiger partial charge in [-0.1, -0.05) is 12.5 Å². The molecule has 0 saturated carbocycles. The van der Waals surface area contributed by atoms with Gasteiger partial charge in [0.15, 0.2) is 0 Å². The lowest BCUT2D eigenvalue weighted by Gasteiger charge is -2.32. The van der Waals surface area contributed by atoms with Crippen molar-refractivity contribution < 1.29 is 4.79 Å². The van der Waals surface area contributed by atoms with Gasteiger partial charge in [-0.2, -0.15) is 0 Å². The smallest absolute Gasteiger partial charge is 0.251 e. The van der Waals surface area contributed by atoms with Crippen molar-refractivity contribution in [1.82, 2.24) is 10.2 Å². The van der Waals surface area contributed by atoms with E-state index in [9.17, 15) is 4.79 Å². The van der Waals surface area contributed by atoms with Crippen LogP contribution in [0.3, 0.4) is 0 Å². The number of benzene rings is 1. The van der Waals surface area contributed by atoms with Crippen LogP contribution in [0.5, 0.6) is 0 Å². The number of hydrogen-bond donors (Lipinski definition) is 2. The molecule has 0 aromatic heterocycles. The molecule has 1 aromatic rings. The summed E-state index contributed by atoms with van der Waals surface area (Å²) in [4.78, 5) is 14.8. The summed E-state index contributed by atoms with van der Waals surface area (Å²) in [7, 11) is 0. The highest BCUT2D eigenvalue weighted by atomic mass is 16.1. The lowest BCUT2D eigenvalue weighted by atomic mass is 10.1. The van der Waals surface area contributed by atoms with Crippen LogP contribution in [0.4, 0.5) is 5.69 Å². The number of carbonyl (C=O) groups is 1. The maximum Gasteiger partial charge on any atom is 0.251 e. The fourth-order valence-electron chi connectivity index (χ4n) is 3.26. The second-order valence-electron chi connectivity index (χ2n) is 6.20. The standard InChI is InChI=1S/C17H25N3O/c1-13(20-9-3-2-4-10-20)12-19-17(21)15-6-5-14-7-8-18-16(14)11-15/h5-6,11,13,18H,2-4,7-10,12H2,1H3,(H,19,21). The van der Waals surface area contributed by atoms with E-state index in [1.54, 1.807) is 0 Å². The molecule has 4 nitrogen and oxygen atoms in total. The minimum Gasteiger partial charge on any atom is -0.384 e. The van der Waals surface area contributed by atoms with Gasteiger partial charge in [0.05, 0.1) is 0 Å². The molecule has 1 aromatic carbocycles. The van der Waals surface area contributed by atoms with Crippen LogP contribution >= 0.6 is 0 Å². The third-order valence-electron chi connectivity index (χ3n) is 4.65. The van der Waals surface area contributed by atoms with Crippen LogP contribution < -0.4 is 10.6 Å². The van der Waals surface area contributed by atoms with Gasteiger partial charge in [0, 0.05) is 30.4 Å². The number of anilines is 1. The molecule has 2 aliphatic rings. The maximum atomic E-state index is 12.3. The van der Waals surface area contributed by atoms with E-state index in [1.807, 2.05) is 12.1 Å². The van der Waals surface area contributed by atoms with Crippen LogP contribution in [0.1, 0.15) is 42.1 Å². The average Bonchev–Trinajstić information content (AvgIpc) is 3.00. The van der Waals surface area contributed by atoms with Crippen LogP contribution in [0, 0.1) is 0 Å². The number of likely N-dealkylation sites (tertiary alicyclic amines) is 1. The highest BCUT2D eigenvalue weighted by Gasteiger charge is 2.18. The molecule has 1 fully saturated rings. The van der Waals surface area contributed by atoms with Crippen LogP contribution in [0.15, 0.2) is 18.2 Å². The highest BCUT2D eigenvalue weighted by Crippen LogP contribution is 2.23. The first kappa shape index (κ1) is 14.4. The molecule has 1 atom stereocenters. The Balaban J connectivity index is 1.54. The number of fused-ring (bicyclic) bond motifs is 1. The summed E-state index contributed by atoms with van der Waals surface area (Å²) in [6.07, 6.45) is 4.98. The van der Waals surface area contributed by atoms with E-state index in [1.165, 1.54) is 37.9 Å². The van der Waals surface area contributed by atoms with Gasteiger partial charge in [-0.15, -0.1) is 0 Å². The SMILES string of the molecule is CC(CNC(=O)c1ccc2c(c1)NCC2)N1CCCCC1. The lowest BCUT2D eigenvalue weighted by molar-refractivity contribution is 0.0930. The fraction of sp³-hybridized carbons (Fsp3) is 0.588. The Bertz CT molecular complexity index is 509. The van der Waals surface area contributed by atoms with Crippen molar-refractivity contribution in [3.63, 3.8) is 0 Å². The zero-order chi connectivity index (χ0) is 14.7. The average molecular weight is 287 g/mol. The molecule has 3 rings (SSSR count). The molecule has 0 bridgehead atoms. The van der Waals surface area contributed by atoms with Crippen LogP contribution in [0.2, 0.25) is 0 Å². The number of hydrogen-bond acceptors (Lipinski definition) is 3. The molecule has 1 saturated heterocycles. The van der Waals surface area contributed by atoms with Crippen LogP contribution in [0.25, 0.3) is 0 Å². The zero-order valence-electron chi connectivity index (χ0n) is 12.8. The van der Waals surface area contributed by atoms with E-state index in [2.05, 4.69) is 28.5 Å². The maximum absolute atomic E-state index is 12.3. The highest BCUT2D eigenvalue weighted by molar-refractivity contribution is 5.95. The number of nitrogens with zero attached hydrogens (tertiary/aromatic N) is 1. The summed E-state index contributed by atoms with van der Waals surface area (Å²) in [5, 5.41) is 6.40. The topological polar surface area (TPSA) is 44.4 Å². The summed E-state index contributed by atoms with van der Waals surface area (Å²) in [5.74, 6) is 0.0374. The third kappa shape index (κ3) is 3.38. The summed E-state index contributed by atoms with van der Waals surface area (Å²) in [5.41, 5.74) is 3.19. The molecule has 2 heterocycles. The Morgan fingerprint density at radius 1 is 1.33 bits per heavy atom. The number of nitrogens with one attached hydrogen (secondary N) is 2. The van der Waals surface area contributed by atoms with E-state index in [-0.39, 0.29) is 5.91 Å². The van der Waals surface area contributed by atoms with Crippen LogP contribution in [-0.4, -0.2) is 43.0 Å². The fourth-order valence-corrected chi connectivity index (χ4v) is 3.26. The Hall–Kier alpha value is -1.55. The Morgan fingerprint density at radius 3 is 2.95 bits per heavy atom. The Kier molecular flexibility index (Phi) is 4.44. The second-order valence-corrected chi connectivity index (χ2v) is 6.20. The number of piperidine rings is 1. The minimum atomic E-state index is 0.0374. The minimum absolute atomic E-state index is 0.0374. The Morgan fingerprint density at radius 2 is 2.14 bits per heavy atom. The molecule has 0 radical (unpaired) electrons. The Labute approximate surface area is 126 Å². The van der Waals surface area contributed by atoms with E-state index < -0.39 is 0 Å². The van der Waals surface area contributed by atoms with Crippen molar-refractivity contribution in [2.45, 2.75) is 38.6 Å². The second kappa shape index (κ2) is 6.48. The van der Waals surface area contributed by atoms with Crippen molar-refractivity contribution in [2.24, 2.45) is 0 Å². The summed E-state index contributed by atoms with van der Waals surface area (Å²) >= 11 is 0. The molecule has 2 aliphatic heterocycles. The van der Waals surface area contributed by atoms with Gasteiger partial charge < -0.3 is 10.6 Å². The predicted octanol–water partition coefficient (Wildman–Crippen LogP) is 2.26. The van der Waals surface area contributed by atoms with Gasteiger partial charge in [-0.05, 0) is 57.0 Å². The predicted molar refractivity (Wildman–Crippen MR) is 85.9 cm³/mol. The first-order valence-corrected chi connectivity index (χ1v) is 8.13. The number of carbonyl (C=O) groups excluding carboxylic acids is 1. The summed E-state index contributed by atoms with van der Waals surface area (Å²) in [6, 6.07) is 6.40. The molecule has 114 valence electrons. The van der Waals surface area contributed by atoms with Crippen LogP contribution in [-0.2, 0) is 6.42 Å². The molecule has 0 aliphatic carbocycles. The first-order chi connectivity index (χ1) is 10.2. The van der Waals surface area contributed by atoms with E-state index in [0.717, 1.165) is 30.8 Å². The molecular weight excluding hydrogens is 262 g/mol. The molecule has 2 N–H and O–H groups in total. The summed E-state index contributed by atoms with van der Waals surface area (Å²) < 4.78 is 0. The molecular formula is C17H25N3O. The molecule has 21 heavy (non-hydrogen) atoms. The van der Waals surface area contributed by atoms with Gasteiger partial charge in [0.25, 0.3) is 5.91 Å². The zero-order valence-corrected chi connectivity index (χ0v) is 12.8. The van der Waals surface area contributed by atoms with Gasteiger partial charge in [-0.3, -0.25) is 9.69 Å². The molecule has 0 spiro atoms. The largest absolute Gasteiger partial charge is 0.384 e. The number of rotatable bonds is 4. The lowest BCUT2D eigenvalue weighted by Crippen LogP contribution is -2.44. The van der Waals surface area contributed by atoms with Crippen molar-refractivity contribution in [3.05, 3.63) is 29.3 Å². The van der Waals surface area contributed by atoms with Gasteiger partial charge >= 0.3 is 0 Å². The van der Waals surface area contributed by atoms with Crippen molar-refractivity contribution in [3.8, 4) is 0 Å². The molecule has 1 unspecified atom stereocenters. The quantitative estimate of drug-likeness (QED) is 0.893. The number of amides is 1. The van der Waals surface area contributed by atoms with Gasteiger partial charge in [-0.25, -0.2) is 0 Å². The summed E-state index contributed by atoms with van der Waals surface area (Å²) in [6.45, 7) is 6.24. The molecule has 1 amide bonds. The van der Waals surface area contributed by atoms with E-state index in [4.69, 9.17) is 0 Å². The van der Waals surface area contributed by atoms with Crippen molar-refractivity contribution >= 4 is 11.6 Å². The van der Waals surface area contributed by atoms with Gasteiger partial charge in [0.2, 0.25) is 0 Å². The van der Waals surface area contributed by atoms with Crippen molar-refractivity contribution in [2.75, 3.05) is 31.5 Å². The van der Waals surface area contributed by atoms with Crippen molar-refractivity contribution in [1.29, 1.82) is 0 Å². The van der Waals surface area contributed by atoms with Gasteiger partial charge in [0.1, 0.15) is 0 Å². The third-order valence-corrected chi connectivity index (χ3v) is 4.65. The van der Waals surface area contributed by atoms with E-state index >= 15 is 0 Å². The monoisotopic (exact) mass is 287 g/mol. The molecule has 4 heteroatoms. The first-order valence-electron chi connectivity index (χ1n) is 8.13. The normalized spacial score (nSPS) is 19.7.